The maximum absolute atomic E-state index is 5.82. The maximum atomic E-state index is 5.82. The number of methoxy groups -OCH3 is 1. The first-order valence-corrected chi connectivity index (χ1v) is 6.01. The summed E-state index contributed by atoms with van der Waals surface area (Å²) in [7, 11) is 3.57. The van der Waals surface area contributed by atoms with E-state index in [4.69, 9.17) is 13.9 Å². The van der Waals surface area contributed by atoms with Crippen LogP contribution in [0.15, 0.2) is 22.6 Å². The average Bonchev–Trinajstić information content (AvgIpc) is 3.03. The van der Waals surface area contributed by atoms with Crippen LogP contribution in [0.4, 0.5) is 0 Å². The molecule has 2 unspecified atom stereocenters. The molecule has 1 aliphatic rings. The van der Waals surface area contributed by atoms with Crippen molar-refractivity contribution in [1.82, 2.24) is 10.3 Å². The molecule has 1 fully saturated rings. The van der Waals surface area contributed by atoms with E-state index in [1.807, 2.05) is 25.2 Å². The number of oxazole rings is 1. The Labute approximate surface area is 105 Å². The van der Waals surface area contributed by atoms with E-state index in [-0.39, 0.29) is 12.0 Å². The highest BCUT2D eigenvalue weighted by atomic mass is 16.5. The number of ether oxygens (including phenoxy) is 2. The lowest BCUT2D eigenvalue weighted by atomic mass is 10.0. The second kappa shape index (κ2) is 4.59. The lowest BCUT2D eigenvalue weighted by molar-refractivity contribution is 0.186. The van der Waals surface area contributed by atoms with Crippen LogP contribution in [0.25, 0.3) is 11.1 Å². The van der Waals surface area contributed by atoms with Gasteiger partial charge in [0.05, 0.1) is 26.2 Å². The number of nitrogens with zero attached hydrogens (tertiary/aromatic N) is 1. The zero-order chi connectivity index (χ0) is 12.5. The topological polar surface area (TPSA) is 56.5 Å². The van der Waals surface area contributed by atoms with Crippen molar-refractivity contribution in [1.29, 1.82) is 0 Å². The molecule has 1 N–H and O–H groups in total. The molecular formula is C13H16N2O3. The van der Waals surface area contributed by atoms with Crippen LogP contribution in [0.3, 0.4) is 0 Å². The Kier molecular flexibility index (Phi) is 2.93. The minimum absolute atomic E-state index is 0.174. The molecule has 3 rings (SSSR count). The second-order valence-corrected chi connectivity index (χ2v) is 4.42. The summed E-state index contributed by atoms with van der Waals surface area (Å²) < 4.78 is 16.5. The molecule has 1 aromatic carbocycles. The molecule has 0 saturated carbocycles. The number of hydrogen-bond donors (Lipinski definition) is 1. The van der Waals surface area contributed by atoms with Gasteiger partial charge in [0.1, 0.15) is 11.3 Å². The predicted octanol–water partition coefficient (Wildman–Crippen LogP) is 1.54. The SMILES string of the molecule is CNC1COCC1c1nc2ccc(OC)cc2o1. The van der Waals surface area contributed by atoms with E-state index in [0.717, 1.165) is 22.7 Å². The van der Waals surface area contributed by atoms with Gasteiger partial charge in [0.2, 0.25) is 5.89 Å². The zero-order valence-electron chi connectivity index (χ0n) is 10.5. The molecule has 0 radical (unpaired) electrons. The van der Waals surface area contributed by atoms with Crippen molar-refractivity contribution < 1.29 is 13.9 Å². The molecular weight excluding hydrogens is 232 g/mol. The van der Waals surface area contributed by atoms with Crippen LogP contribution in [0.5, 0.6) is 5.75 Å². The van der Waals surface area contributed by atoms with Gasteiger partial charge >= 0.3 is 0 Å². The number of fused-ring (bicyclic) bond motifs is 1. The molecule has 1 aliphatic heterocycles. The van der Waals surface area contributed by atoms with Crippen molar-refractivity contribution in [2.45, 2.75) is 12.0 Å². The highest BCUT2D eigenvalue weighted by Crippen LogP contribution is 2.29. The predicted molar refractivity (Wildman–Crippen MR) is 67.0 cm³/mol. The van der Waals surface area contributed by atoms with Gasteiger partial charge in [0, 0.05) is 12.1 Å². The molecule has 18 heavy (non-hydrogen) atoms. The van der Waals surface area contributed by atoms with Crippen LogP contribution < -0.4 is 10.1 Å². The zero-order valence-corrected chi connectivity index (χ0v) is 10.5. The lowest BCUT2D eigenvalue weighted by Gasteiger charge is -2.12. The Morgan fingerprint density at radius 1 is 1.39 bits per heavy atom. The van der Waals surface area contributed by atoms with Crippen molar-refractivity contribution in [3.63, 3.8) is 0 Å². The van der Waals surface area contributed by atoms with Crippen LogP contribution >= 0.6 is 0 Å². The van der Waals surface area contributed by atoms with Crippen molar-refractivity contribution in [2.24, 2.45) is 0 Å². The third-order valence-corrected chi connectivity index (χ3v) is 3.38. The lowest BCUT2D eigenvalue weighted by Crippen LogP contribution is -2.31. The number of nitrogens with one attached hydrogen (secondary N) is 1. The highest BCUT2D eigenvalue weighted by molar-refractivity contribution is 5.74. The van der Waals surface area contributed by atoms with Crippen molar-refractivity contribution in [2.75, 3.05) is 27.4 Å². The van der Waals surface area contributed by atoms with Gasteiger partial charge in [-0.1, -0.05) is 0 Å². The quantitative estimate of drug-likeness (QED) is 0.892. The van der Waals surface area contributed by atoms with Gasteiger partial charge in [-0.05, 0) is 19.2 Å². The van der Waals surface area contributed by atoms with Crippen LogP contribution in [0.1, 0.15) is 11.8 Å². The molecule has 0 spiro atoms. The Balaban J connectivity index is 1.97. The fourth-order valence-electron chi connectivity index (χ4n) is 2.29. The van der Waals surface area contributed by atoms with Gasteiger partial charge in [-0.2, -0.15) is 0 Å². The largest absolute Gasteiger partial charge is 0.497 e. The molecule has 5 nitrogen and oxygen atoms in total. The Bertz CT molecular complexity index is 552. The summed E-state index contributed by atoms with van der Waals surface area (Å²) >= 11 is 0. The number of hydrogen-bond acceptors (Lipinski definition) is 5. The Morgan fingerprint density at radius 3 is 3.06 bits per heavy atom. The molecule has 96 valence electrons. The minimum atomic E-state index is 0.174. The fourth-order valence-corrected chi connectivity index (χ4v) is 2.29. The van der Waals surface area contributed by atoms with E-state index in [2.05, 4.69) is 10.3 Å². The summed E-state index contributed by atoms with van der Waals surface area (Å²) in [5, 5.41) is 3.23. The molecule has 5 heteroatoms. The second-order valence-electron chi connectivity index (χ2n) is 4.42. The molecule has 0 bridgehead atoms. The minimum Gasteiger partial charge on any atom is -0.497 e. The molecule has 1 aromatic heterocycles. The molecule has 0 aliphatic carbocycles. The number of likely N-dealkylation sites (N-methyl/N-ethyl adjacent to an activating group) is 1. The first-order chi connectivity index (χ1) is 8.81. The van der Waals surface area contributed by atoms with Crippen molar-refractivity contribution in [3.05, 3.63) is 24.1 Å². The van der Waals surface area contributed by atoms with Crippen LogP contribution in [0.2, 0.25) is 0 Å². The molecule has 2 atom stereocenters. The standard InChI is InChI=1S/C13H16N2O3/c1-14-11-7-17-6-9(11)13-15-10-4-3-8(16-2)5-12(10)18-13/h3-5,9,11,14H,6-7H2,1-2H3. The van der Waals surface area contributed by atoms with Gasteiger partial charge < -0.3 is 19.2 Å². The van der Waals surface area contributed by atoms with Crippen LogP contribution in [0, 0.1) is 0 Å². The van der Waals surface area contributed by atoms with Crippen molar-refractivity contribution >= 4 is 11.1 Å². The van der Waals surface area contributed by atoms with Gasteiger partial charge in [-0.25, -0.2) is 4.98 Å². The number of rotatable bonds is 3. The van der Waals surface area contributed by atoms with E-state index in [1.54, 1.807) is 7.11 Å². The Hall–Kier alpha value is -1.59. The van der Waals surface area contributed by atoms with E-state index in [1.165, 1.54) is 0 Å². The van der Waals surface area contributed by atoms with E-state index in [9.17, 15) is 0 Å². The number of benzene rings is 1. The average molecular weight is 248 g/mol. The van der Waals surface area contributed by atoms with Crippen LogP contribution in [-0.4, -0.2) is 38.4 Å². The molecule has 0 amide bonds. The third kappa shape index (κ3) is 1.85. The molecule has 2 heterocycles. The van der Waals surface area contributed by atoms with E-state index < -0.39 is 0 Å². The van der Waals surface area contributed by atoms with Gasteiger partial charge in [-0.15, -0.1) is 0 Å². The van der Waals surface area contributed by atoms with Crippen LogP contribution in [-0.2, 0) is 4.74 Å². The monoisotopic (exact) mass is 248 g/mol. The van der Waals surface area contributed by atoms with Crippen molar-refractivity contribution in [3.8, 4) is 5.75 Å². The smallest absolute Gasteiger partial charge is 0.202 e. The van der Waals surface area contributed by atoms with Gasteiger partial charge in [0.25, 0.3) is 0 Å². The highest BCUT2D eigenvalue weighted by Gasteiger charge is 2.32. The first-order valence-electron chi connectivity index (χ1n) is 6.01. The summed E-state index contributed by atoms with van der Waals surface area (Å²) in [6, 6.07) is 5.91. The van der Waals surface area contributed by atoms with E-state index in [0.29, 0.717) is 13.2 Å². The fraction of sp³-hybridized carbons (Fsp3) is 0.462. The first kappa shape index (κ1) is 11.5. The van der Waals surface area contributed by atoms with Gasteiger partial charge in [0.15, 0.2) is 5.58 Å². The summed E-state index contributed by atoms with van der Waals surface area (Å²) in [4.78, 5) is 4.53. The van der Waals surface area contributed by atoms with Gasteiger partial charge in [-0.3, -0.25) is 0 Å². The third-order valence-electron chi connectivity index (χ3n) is 3.38. The summed E-state index contributed by atoms with van der Waals surface area (Å²) in [5.41, 5.74) is 1.61. The maximum Gasteiger partial charge on any atom is 0.202 e. The van der Waals surface area contributed by atoms with E-state index >= 15 is 0 Å². The normalized spacial score (nSPS) is 23.7. The summed E-state index contributed by atoms with van der Waals surface area (Å²) in [6.07, 6.45) is 0. The summed E-state index contributed by atoms with van der Waals surface area (Å²) in [6.45, 7) is 1.35. The molecule has 1 saturated heterocycles. The Morgan fingerprint density at radius 2 is 2.28 bits per heavy atom. The number of aromatic nitrogens is 1. The summed E-state index contributed by atoms with van der Waals surface area (Å²) in [5.74, 6) is 1.68. The molecule has 2 aromatic rings.